The number of esters is 1. The Labute approximate surface area is 122 Å². The van der Waals surface area contributed by atoms with Gasteiger partial charge in [0.15, 0.2) is 0 Å². The summed E-state index contributed by atoms with van der Waals surface area (Å²) >= 11 is 0. The molecule has 0 saturated carbocycles. The molecule has 3 heteroatoms. The fourth-order valence-corrected chi connectivity index (χ4v) is 1.96. The third-order valence-electron chi connectivity index (χ3n) is 2.99. The van der Waals surface area contributed by atoms with Crippen LogP contribution < -0.4 is 5.73 Å². The van der Waals surface area contributed by atoms with Crippen LogP contribution in [0.25, 0.3) is 0 Å². The third kappa shape index (κ3) is 6.20. The van der Waals surface area contributed by atoms with E-state index in [0.29, 0.717) is 19.1 Å². The number of rotatable bonds is 8. The molecule has 1 rings (SSSR count). The fourth-order valence-electron chi connectivity index (χ4n) is 1.96. The Hall–Kier alpha value is -1.35. The van der Waals surface area contributed by atoms with Crippen LogP contribution in [0.2, 0.25) is 0 Å². The molecule has 0 unspecified atom stereocenters. The molecular weight excluding hydrogens is 250 g/mol. The summed E-state index contributed by atoms with van der Waals surface area (Å²) in [6.07, 6.45) is 3.60. The normalized spacial score (nSPS) is 10.8. The van der Waals surface area contributed by atoms with Gasteiger partial charge in [-0.05, 0) is 41.5 Å². The Morgan fingerprint density at radius 3 is 2.65 bits per heavy atom. The molecule has 0 atom stereocenters. The summed E-state index contributed by atoms with van der Waals surface area (Å²) in [7, 11) is 0. The van der Waals surface area contributed by atoms with Gasteiger partial charge in [0, 0.05) is 6.54 Å². The Balaban J connectivity index is 2.70. The fraction of sp³-hybridized carbons (Fsp3) is 0.588. The van der Waals surface area contributed by atoms with Crippen LogP contribution in [0.1, 0.15) is 50.3 Å². The zero-order valence-electron chi connectivity index (χ0n) is 12.9. The largest absolute Gasteiger partial charge is 0.465 e. The number of ether oxygens (including phenoxy) is 1. The van der Waals surface area contributed by atoms with E-state index < -0.39 is 0 Å². The summed E-state index contributed by atoms with van der Waals surface area (Å²) in [5.41, 5.74) is 8.78. The van der Waals surface area contributed by atoms with E-state index in [-0.39, 0.29) is 12.4 Å². The van der Waals surface area contributed by atoms with E-state index >= 15 is 0 Å². The van der Waals surface area contributed by atoms with Crippen molar-refractivity contribution < 1.29 is 9.53 Å². The zero-order valence-corrected chi connectivity index (χ0v) is 12.9. The van der Waals surface area contributed by atoms with Gasteiger partial charge in [-0.15, -0.1) is 0 Å². The minimum atomic E-state index is -0.189. The Bertz CT molecular complexity index is 427. The summed E-state index contributed by atoms with van der Waals surface area (Å²) in [6.45, 7) is 7.14. The molecule has 1 aromatic rings. The number of unbranched alkanes of at least 4 members (excludes halogenated alkanes) is 1. The number of benzene rings is 1. The van der Waals surface area contributed by atoms with E-state index in [1.165, 1.54) is 5.56 Å². The Kier molecular flexibility index (Phi) is 7.31. The van der Waals surface area contributed by atoms with Crippen LogP contribution in [0, 0.1) is 12.0 Å². The van der Waals surface area contributed by atoms with Crippen molar-refractivity contribution in [2.75, 3.05) is 6.61 Å². The molecule has 1 aromatic carbocycles. The Morgan fingerprint density at radius 2 is 2.05 bits per heavy atom. The second kappa shape index (κ2) is 8.75. The molecule has 2 N–H and O–H groups in total. The maximum atomic E-state index is 11.8. The molecule has 3 nitrogen and oxygen atoms in total. The van der Waals surface area contributed by atoms with E-state index in [4.69, 9.17) is 10.5 Å². The van der Waals surface area contributed by atoms with Crippen LogP contribution in [0.5, 0.6) is 0 Å². The topological polar surface area (TPSA) is 52.3 Å². The highest BCUT2D eigenvalue weighted by molar-refractivity contribution is 5.72. The van der Waals surface area contributed by atoms with Gasteiger partial charge in [-0.1, -0.05) is 39.3 Å². The van der Waals surface area contributed by atoms with Crippen molar-refractivity contribution in [1.82, 2.24) is 0 Å². The number of nitrogens with two attached hydrogens (primary N) is 1. The average molecular weight is 276 g/mol. The van der Waals surface area contributed by atoms with Gasteiger partial charge in [-0.3, -0.25) is 4.79 Å². The summed E-state index contributed by atoms with van der Waals surface area (Å²) in [4.78, 5) is 11.8. The quantitative estimate of drug-likeness (QED) is 0.743. The molecule has 0 aromatic heterocycles. The predicted octanol–water partition coefficient (Wildman–Crippen LogP) is 3.03. The van der Waals surface area contributed by atoms with Crippen molar-refractivity contribution in [2.45, 2.75) is 53.0 Å². The predicted molar refractivity (Wildman–Crippen MR) is 81.3 cm³/mol. The minimum absolute atomic E-state index is 0.189. The van der Waals surface area contributed by atoms with Gasteiger partial charge in [-0.2, -0.15) is 0 Å². The van der Waals surface area contributed by atoms with Crippen molar-refractivity contribution in [2.24, 2.45) is 11.7 Å². The van der Waals surface area contributed by atoms with Crippen LogP contribution in [-0.2, 0) is 28.9 Å². The van der Waals surface area contributed by atoms with E-state index in [1.54, 1.807) is 0 Å². The van der Waals surface area contributed by atoms with Crippen LogP contribution >= 0.6 is 0 Å². The maximum Gasteiger partial charge on any atom is 0.310 e. The second-order valence-electron chi connectivity index (χ2n) is 5.60. The summed E-state index contributed by atoms with van der Waals surface area (Å²) < 4.78 is 5.21. The molecule has 0 aliphatic rings. The number of aryl methyl sites for hydroxylation is 1. The summed E-state index contributed by atoms with van der Waals surface area (Å²) in [5.74, 6) is 0.170. The minimum Gasteiger partial charge on any atom is -0.465 e. The SMILES string of the molecule is CCCCc1cc(CN)[c]c(CC(=O)OCC(C)C)c1. The maximum absolute atomic E-state index is 11.8. The average Bonchev–Trinajstić information content (AvgIpc) is 2.42. The first-order valence-corrected chi connectivity index (χ1v) is 7.44. The van der Waals surface area contributed by atoms with Gasteiger partial charge >= 0.3 is 5.97 Å². The lowest BCUT2D eigenvalue weighted by molar-refractivity contribution is -0.143. The Morgan fingerprint density at radius 1 is 1.35 bits per heavy atom. The molecule has 0 saturated heterocycles. The number of carbonyl (C=O) groups excluding carboxylic acids is 1. The highest BCUT2D eigenvalue weighted by Gasteiger charge is 2.08. The molecule has 111 valence electrons. The van der Waals surface area contributed by atoms with Crippen LogP contribution in [0.15, 0.2) is 12.1 Å². The lowest BCUT2D eigenvalue weighted by Crippen LogP contribution is -2.13. The molecule has 0 bridgehead atoms. The van der Waals surface area contributed by atoms with Gasteiger partial charge in [0.2, 0.25) is 0 Å². The first-order valence-electron chi connectivity index (χ1n) is 7.44. The van der Waals surface area contributed by atoms with Crippen molar-refractivity contribution in [1.29, 1.82) is 0 Å². The highest BCUT2D eigenvalue weighted by atomic mass is 16.5. The molecule has 0 heterocycles. The third-order valence-corrected chi connectivity index (χ3v) is 2.99. The first-order chi connectivity index (χ1) is 9.55. The standard InChI is InChI=1S/C17H26NO2/c1-4-5-6-14-7-15(9-16(8-14)11-18)10-17(19)20-12-13(2)3/h7-8,13H,4-6,10-12,18H2,1-3H3. The van der Waals surface area contributed by atoms with E-state index in [2.05, 4.69) is 19.1 Å². The highest BCUT2D eigenvalue weighted by Crippen LogP contribution is 2.13. The molecule has 0 aliphatic carbocycles. The molecular formula is C17H26NO2. The number of hydrogen-bond donors (Lipinski definition) is 1. The van der Waals surface area contributed by atoms with Gasteiger partial charge in [-0.25, -0.2) is 0 Å². The van der Waals surface area contributed by atoms with Gasteiger partial charge in [0.1, 0.15) is 0 Å². The van der Waals surface area contributed by atoms with Crippen LogP contribution in [0.4, 0.5) is 0 Å². The number of hydrogen-bond acceptors (Lipinski definition) is 3. The monoisotopic (exact) mass is 276 g/mol. The van der Waals surface area contributed by atoms with E-state index in [9.17, 15) is 4.79 Å². The number of carbonyl (C=O) groups is 1. The van der Waals surface area contributed by atoms with Gasteiger partial charge in [0.05, 0.1) is 13.0 Å². The lowest BCUT2D eigenvalue weighted by atomic mass is 10.00. The van der Waals surface area contributed by atoms with Crippen molar-refractivity contribution in [3.05, 3.63) is 34.9 Å². The van der Waals surface area contributed by atoms with Crippen molar-refractivity contribution in [3.8, 4) is 0 Å². The summed E-state index contributed by atoms with van der Waals surface area (Å²) in [5, 5.41) is 0. The summed E-state index contributed by atoms with van der Waals surface area (Å²) in [6, 6.07) is 7.33. The van der Waals surface area contributed by atoms with Crippen molar-refractivity contribution in [3.63, 3.8) is 0 Å². The molecule has 0 fully saturated rings. The smallest absolute Gasteiger partial charge is 0.310 e. The molecule has 1 radical (unpaired) electrons. The first kappa shape index (κ1) is 16.7. The second-order valence-corrected chi connectivity index (χ2v) is 5.60. The molecule has 0 amide bonds. The van der Waals surface area contributed by atoms with Crippen LogP contribution in [-0.4, -0.2) is 12.6 Å². The molecule has 0 aliphatic heterocycles. The zero-order chi connectivity index (χ0) is 15.0. The van der Waals surface area contributed by atoms with E-state index in [0.717, 1.165) is 30.4 Å². The lowest BCUT2D eigenvalue weighted by Gasteiger charge is -2.10. The van der Waals surface area contributed by atoms with Crippen molar-refractivity contribution >= 4 is 5.97 Å². The van der Waals surface area contributed by atoms with Gasteiger partial charge < -0.3 is 10.5 Å². The molecule has 20 heavy (non-hydrogen) atoms. The molecule has 0 spiro atoms. The van der Waals surface area contributed by atoms with Gasteiger partial charge in [0.25, 0.3) is 0 Å². The van der Waals surface area contributed by atoms with E-state index in [1.807, 2.05) is 19.9 Å². The van der Waals surface area contributed by atoms with Crippen LogP contribution in [0.3, 0.4) is 0 Å².